The van der Waals surface area contributed by atoms with Gasteiger partial charge in [0.15, 0.2) is 0 Å². The lowest BCUT2D eigenvalue weighted by Gasteiger charge is -2.06. The molecule has 0 amide bonds. The maximum atomic E-state index is 13.8. The molecule has 0 atom stereocenters. The zero-order chi connectivity index (χ0) is 13.1. The molecule has 1 N–H and O–H groups in total. The Kier molecular flexibility index (Phi) is 3.18. The molecule has 6 heteroatoms. The fourth-order valence-corrected chi connectivity index (χ4v) is 1.53. The normalized spacial score (nSPS) is 10.3. The van der Waals surface area contributed by atoms with Crippen LogP contribution < -0.4 is 5.56 Å². The molecule has 1 aromatic carbocycles. The molecule has 0 bridgehead atoms. The minimum atomic E-state index is -1.34. The molecule has 0 aliphatic rings. The lowest BCUT2D eigenvalue weighted by Crippen LogP contribution is -2.22. The average molecular weight is 248 g/mol. The quantitative estimate of drug-likeness (QED) is 0.883. The Balaban J connectivity index is 2.42. The Hall–Kier alpha value is -2.50. The van der Waals surface area contributed by atoms with E-state index in [9.17, 15) is 14.0 Å². The fourth-order valence-electron chi connectivity index (χ4n) is 1.53. The Morgan fingerprint density at radius 3 is 2.78 bits per heavy atom. The first-order chi connectivity index (χ1) is 8.59. The van der Waals surface area contributed by atoms with E-state index >= 15 is 0 Å². The number of carboxylic acids is 1. The molecule has 0 spiro atoms. The van der Waals surface area contributed by atoms with Crippen LogP contribution in [0, 0.1) is 5.82 Å². The molecule has 1 heterocycles. The van der Waals surface area contributed by atoms with Crippen molar-refractivity contribution in [2.24, 2.45) is 0 Å². The predicted molar refractivity (Wildman–Crippen MR) is 61.0 cm³/mol. The van der Waals surface area contributed by atoms with E-state index in [2.05, 4.69) is 5.10 Å². The lowest BCUT2D eigenvalue weighted by molar-refractivity contribution is 0.0691. The Bertz CT molecular complexity index is 652. The van der Waals surface area contributed by atoms with Crippen LogP contribution in [0.1, 0.15) is 15.9 Å². The van der Waals surface area contributed by atoms with Crippen LogP contribution in [0.5, 0.6) is 0 Å². The van der Waals surface area contributed by atoms with E-state index in [4.69, 9.17) is 5.11 Å². The van der Waals surface area contributed by atoms with Crippen LogP contribution in [0.25, 0.3) is 0 Å². The van der Waals surface area contributed by atoms with Crippen molar-refractivity contribution in [2.75, 3.05) is 0 Å². The highest BCUT2D eigenvalue weighted by Gasteiger charge is 2.14. The van der Waals surface area contributed by atoms with Gasteiger partial charge in [-0.15, -0.1) is 0 Å². The summed E-state index contributed by atoms with van der Waals surface area (Å²) in [6.45, 7) is -0.105. The number of hydrogen-bond acceptors (Lipinski definition) is 3. The third kappa shape index (κ3) is 2.27. The van der Waals surface area contributed by atoms with E-state index in [1.807, 2.05) is 0 Å². The van der Waals surface area contributed by atoms with Gasteiger partial charge in [-0.25, -0.2) is 13.9 Å². The highest BCUT2D eigenvalue weighted by atomic mass is 19.1. The lowest BCUT2D eigenvalue weighted by atomic mass is 10.1. The molecule has 1 aromatic heterocycles. The van der Waals surface area contributed by atoms with Crippen molar-refractivity contribution in [3.05, 3.63) is 63.8 Å². The van der Waals surface area contributed by atoms with Crippen molar-refractivity contribution in [1.29, 1.82) is 0 Å². The molecule has 0 fully saturated rings. The van der Waals surface area contributed by atoms with E-state index in [1.54, 1.807) is 0 Å². The number of carbonyl (C=O) groups is 1. The van der Waals surface area contributed by atoms with E-state index in [0.717, 1.165) is 4.68 Å². The first-order valence-corrected chi connectivity index (χ1v) is 5.12. The van der Waals surface area contributed by atoms with E-state index in [0.29, 0.717) is 0 Å². The van der Waals surface area contributed by atoms with Crippen LogP contribution in [0.15, 0.2) is 41.3 Å². The van der Waals surface area contributed by atoms with E-state index < -0.39 is 17.3 Å². The molecule has 0 aliphatic heterocycles. The number of hydrogen-bond donors (Lipinski definition) is 1. The number of aromatic carboxylic acids is 1. The maximum Gasteiger partial charge on any atom is 0.338 e. The Labute approximate surface area is 101 Å². The summed E-state index contributed by atoms with van der Waals surface area (Å²) in [4.78, 5) is 22.2. The van der Waals surface area contributed by atoms with Crippen molar-refractivity contribution in [2.45, 2.75) is 6.54 Å². The van der Waals surface area contributed by atoms with Gasteiger partial charge in [-0.1, -0.05) is 12.1 Å². The van der Waals surface area contributed by atoms with Crippen LogP contribution in [-0.2, 0) is 6.54 Å². The van der Waals surface area contributed by atoms with E-state index in [1.165, 1.54) is 36.5 Å². The smallest absolute Gasteiger partial charge is 0.338 e. The van der Waals surface area contributed by atoms with Gasteiger partial charge in [-0.05, 0) is 12.1 Å². The van der Waals surface area contributed by atoms with Crippen molar-refractivity contribution >= 4 is 5.97 Å². The summed E-state index contributed by atoms with van der Waals surface area (Å²) in [6.07, 6.45) is 1.40. The third-order valence-corrected chi connectivity index (χ3v) is 2.41. The number of rotatable bonds is 3. The number of nitrogens with zero attached hydrogens (tertiary/aromatic N) is 2. The first kappa shape index (κ1) is 12.0. The number of halogens is 1. The molecule has 0 aliphatic carbocycles. The zero-order valence-corrected chi connectivity index (χ0v) is 9.21. The molecule has 0 radical (unpaired) electrons. The van der Waals surface area contributed by atoms with Gasteiger partial charge in [0.05, 0.1) is 12.1 Å². The SMILES string of the molecule is O=C(O)c1cccc(Cn2ncccc2=O)c1F. The second-order valence-electron chi connectivity index (χ2n) is 3.60. The second-order valence-corrected chi connectivity index (χ2v) is 3.60. The monoisotopic (exact) mass is 248 g/mol. The van der Waals surface area contributed by atoms with Crippen LogP contribution in [0.3, 0.4) is 0 Å². The fraction of sp³-hybridized carbons (Fsp3) is 0.0833. The molecular formula is C12H9FN2O3. The molecule has 92 valence electrons. The standard InChI is InChI=1S/C12H9FN2O3/c13-11-8(3-1-4-9(11)12(17)18)7-15-10(16)5-2-6-14-15/h1-6H,7H2,(H,17,18). The summed E-state index contributed by atoms with van der Waals surface area (Å²) in [5, 5.41) is 12.6. The minimum absolute atomic E-state index is 0.105. The van der Waals surface area contributed by atoms with Crippen molar-refractivity contribution < 1.29 is 14.3 Å². The average Bonchev–Trinajstić information content (AvgIpc) is 2.34. The zero-order valence-electron chi connectivity index (χ0n) is 9.21. The van der Waals surface area contributed by atoms with Gasteiger partial charge < -0.3 is 5.11 Å². The highest BCUT2D eigenvalue weighted by molar-refractivity contribution is 5.88. The summed E-state index contributed by atoms with van der Waals surface area (Å²) < 4.78 is 14.9. The molecule has 0 unspecified atom stereocenters. The molecule has 0 saturated carbocycles. The highest BCUT2D eigenvalue weighted by Crippen LogP contribution is 2.13. The van der Waals surface area contributed by atoms with Crippen molar-refractivity contribution in [1.82, 2.24) is 9.78 Å². The molecule has 2 rings (SSSR count). The molecule has 2 aromatic rings. The second kappa shape index (κ2) is 4.79. The Morgan fingerprint density at radius 1 is 1.33 bits per heavy atom. The first-order valence-electron chi connectivity index (χ1n) is 5.12. The number of carboxylic acid groups (broad SMARTS) is 1. The topological polar surface area (TPSA) is 72.2 Å². The van der Waals surface area contributed by atoms with Gasteiger partial charge in [-0.3, -0.25) is 4.79 Å². The van der Waals surface area contributed by atoms with Crippen LogP contribution in [0.4, 0.5) is 4.39 Å². The number of aromatic nitrogens is 2. The van der Waals surface area contributed by atoms with Crippen LogP contribution in [-0.4, -0.2) is 20.9 Å². The molecule has 0 saturated heterocycles. The summed E-state index contributed by atoms with van der Waals surface area (Å²) >= 11 is 0. The van der Waals surface area contributed by atoms with Crippen molar-refractivity contribution in [3.63, 3.8) is 0 Å². The van der Waals surface area contributed by atoms with Crippen LogP contribution >= 0.6 is 0 Å². The summed E-state index contributed by atoms with van der Waals surface area (Å²) in [5.74, 6) is -2.19. The summed E-state index contributed by atoms with van der Waals surface area (Å²) in [6, 6.07) is 6.79. The van der Waals surface area contributed by atoms with Crippen molar-refractivity contribution in [3.8, 4) is 0 Å². The van der Waals surface area contributed by atoms with Gasteiger partial charge in [0.2, 0.25) is 0 Å². The van der Waals surface area contributed by atoms with Gasteiger partial charge in [0.25, 0.3) is 5.56 Å². The molecular weight excluding hydrogens is 239 g/mol. The van der Waals surface area contributed by atoms with Gasteiger partial charge in [-0.2, -0.15) is 5.10 Å². The van der Waals surface area contributed by atoms with Gasteiger partial charge >= 0.3 is 5.97 Å². The van der Waals surface area contributed by atoms with Gasteiger partial charge in [0.1, 0.15) is 5.82 Å². The molecule has 5 nitrogen and oxygen atoms in total. The third-order valence-electron chi connectivity index (χ3n) is 2.41. The predicted octanol–water partition coefficient (Wildman–Crippen LogP) is 1.13. The minimum Gasteiger partial charge on any atom is -0.478 e. The van der Waals surface area contributed by atoms with E-state index in [-0.39, 0.29) is 17.7 Å². The summed E-state index contributed by atoms with van der Waals surface area (Å²) in [7, 11) is 0. The number of benzene rings is 1. The maximum absolute atomic E-state index is 13.8. The summed E-state index contributed by atoms with van der Waals surface area (Å²) in [5.41, 5.74) is -0.690. The Morgan fingerprint density at radius 2 is 2.11 bits per heavy atom. The largest absolute Gasteiger partial charge is 0.478 e. The molecule has 18 heavy (non-hydrogen) atoms. The van der Waals surface area contributed by atoms with Gasteiger partial charge in [0, 0.05) is 17.8 Å². The van der Waals surface area contributed by atoms with Crippen LogP contribution in [0.2, 0.25) is 0 Å².